The van der Waals surface area contributed by atoms with Crippen LogP contribution in [0.1, 0.15) is 10.5 Å². The predicted octanol–water partition coefficient (Wildman–Crippen LogP) is 2.61. The van der Waals surface area contributed by atoms with Crippen molar-refractivity contribution in [2.75, 3.05) is 26.0 Å². The molecule has 0 spiro atoms. The number of H-pyrrole nitrogens is 1. The molecule has 0 unspecified atom stereocenters. The van der Waals surface area contributed by atoms with Gasteiger partial charge in [-0.15, -0.1) is 0 Å². The summed E-state index contributed by atoms with van der Waals surface area (Å²) >= 11 is 0. The second kappa shape index (κ2) is 7.18. The molecule has 3 N–H and O–H groups in total. The molecule has 0 aliphatic heterocycles. The minimum Gasteiger partial charge on any atom is -0.378 e. The normalized spacial score (nSPS) is 11.4. The van der Waals surface area contributed by atoms with Gasteiger partial charge in [0, 0.05) is 37.7 Å². The van der Waals surface area contributed by atoms with E-state index in [2.05, 4.69) is 9.98 Å². The average molecular weight is 351 g/mol. The third kappa shape index (κ3) is 3.77. The maximum absolute atomic E-state index is 12.3. The zero-order chi connectivity index (χ0) is 18.7. The molecule has 3 rings (SSSR count). The number of hydrogen-bond acceptors (Lipinski definition) is 3. The van der Waals surface area contributed by atoms with Gasteiger partial charge in [0.25, 0.3) is 5.91 Å². The fourth-order valence-corrected chi connectivity index (χ4v) is 2.43. The Labute approximate surface area is 151 Å². The number of rotatable bonds is 4. The van der Waals surface area contributed by atoms with Gasteiger partial charge in [0.1, 0.15) is 5.69 Å². The summed E-state index contributed by atoms with van der Waals surface area (Å²) in [5.41, 5.74) is 8.18. The Morgan fingerprint density at radius 3 is 2.42 bits per heavy atom. The van der Waals surface area contributed by atoms with Crippen molar-refractivity contribution in [3.8, 4) is 5.75 Å². The summed E-state index contributed by atoms with van der Waals surface area (Å²) in [5.74, 6) is 0.0942. The molecule has 1 heterocycles. The molecule has 1 amide bonds. The number of hydrogen-bond donors (Lipinski definition) is 2. The molecule has 1 aromatic heterocycles. The van der Waals surface area contributed by atoms with Crippen LogP contribution < -0.4 is 15.5 Å². The minimum atomic E-state index is -0.461. The zero-order valence-corrected chi connectivity index (χ0v) is 14.9. The number of benzene rings is 2. The molecule has 26 heavy (non-hydrogen) atoms. The number of nitrogens with two attached hydrogens (primary N) is 1. The Balaban J connectivity index is 1.70. The lowest BCUT2D eigenvalue weighted by Gasteiger charge is -2.19. The van der Waals surface area contributed by atoms with Crippen molar-refractivity contribution >= 4 is 28.5 Å². The van der Waals surface area contributed by atoms with E-state index in [9.17, 15) is 4.79 Å². The van der Waals surface area contributed by atoms with Crippen molar-refractivity contribution in [3.63, 3.8) is 0 Å². The number of hydroxylamine groups is 2. The standard InChI is InChI=1S/C19H21N5O2/c1-23(2)14-8-10-15(11-9-14)26-24(3)19(20)22-18(25)17-12-13-6-4-5-7-16(13)21-17/h4-12,21H,1-3H3,(H2,20,22,25). The Morgan fingerprint density at radius 1 is 1.08 bits per heavy atom. The van der Waals surface area contributed by atoms with Crippen molar-refractivity contribution < 1.29 is 9.63 Å². The first kappa shape index (κ1) is 17.3. The predicted molar refractivity (Wildman–Crippen MR) is 103 cm³/mol. The molecule has 0 saturated carbocycles. The third-order valence-electron chi connectivity index (χ3n) is 3.89. The number of nitrogens with zero attached hydrogens (tertiary/aromatic N) is 3. The van der Waals surface area contributed by atoms with Gasteiger partial charge in [0.05, 0.1) is 0 Å². The van der Waals surface area contributed by atoms with E-state index >= 15 is 0 Å². The summed E-state index contributed by atoms with van der Waals surface area (Å²) < 4.78 is 0. The van der Waals surface area contributed by atoms with Crippen LogP contribution in [-0.4, -0.2) is 43.1 Å². The summed E-state index contributed by atoms with van der Waals surface area (Å²) in [6, 6.07) is 16.8. The van der Waals surface area contributed by atoms with Crippen LogP contribution in [0.15, 0.2) is 59.6 Å². The van der Waals surface area contributed by atoms with Crippen LogP contribution in [0.2, 0.25) is 0 Å². The highest BCUT2D eigenvalue weighted by atomic mass is 16.7. The molecular formula is C19H21N5O2. The molecule has 3 aromatic rings. The van der Waals surface area contributed by atoms with Gasteiger partial charge in [-0.1, -0.05) is 18.2 Å². The number of aromatic amines is 1. The van der Waals surface area contributed by atoms with Crippen molar-refractivity contribution in [1.29, 1.82) is 0 Å². The monoisotopic (exact) mass is 351 g/mol. The summed E-state index contributed by atoms with van der Waals surface area (Å²) in [4.78, 5) is 26.8. The molecule has 7 heteroatoms. The molecule has 0 aliphatic rings. The highest BCUT2D eigenvalue weighted by molar-refractivity contribution is 6.03. The molecule has 0 atom stereocenters. The number of nitrogens with one attached hydrogen (secondary N) is 1. The van der Waals surface area contributed by atoms with Crippen LogP contribution in [0.3, 0.4) is 0 Å². The lowest BCUT2D eigenvalue weighted by Crippen LogP contribution is -2.37. The van der Waals surface area contributed by atoms with E-state index in [1.807, 2.05) is 67.5 Å². The molecule has 0 fully saturated rings. The highest BCUT2D eigenvalue weighted by Gasteiger charge is 2.12. The van der Waals surface area contributed by atoms with Crippen LogP contribution >= 0.6 is 0 Å². The largest absolute Gasteiger partial charge is 0.378 e. The lowest BCUT2D eigenvalue weighted by molar-refractivity contribution is 0.0454. The number of aliphatic imine (C=N–C) groups is 1. The van der Waals surface area contributed by atoms with Crippen molar-refractivity contribution in [2.45, 2.75) is 0 Å². The summed E-state index contributed by atoms with van der Waals surface area (Å²) in [7, 11) is 5.52. The van der Waals surface area contributed by atoms with Gasteiger partial charge >= 0.3 is 0 Å². The number of amides is 1. The van der Waals surface area contributed by atoms with Gasteiger partial charge in [0.15, 0.2) is 5.75 Å². The molecule has 2 aromatic carbocycles. The minimum absolute atomic E-state index is 0.0367. The maximum atomic E-state index is 12.3. The van der Waals surface area contributed by atoms with Gasteiger partial charge in [-0.25, -0.2) is 0 Å². The number of anilines is 1. The maximum Gasteiger partial charge on any atom is 0.296 e. The number of carbonyl (C=O) groups is 1. The molecule has 0 radical (unpaired) electrons. The molecule has 0 aliphatic carbocycles. The van der Waals surface area contributed by atoms with Crippen molar-refractivity contribution in [2.24, 2.45) is 10.7 Å². The quantitative estimate of drug-likeness (QED) is 0.429. The summed E-state index contributed by atoms with van der Waals surface area (Å²) in [5, 5.41) is 2.20. The van der Waals surface area contributed by atoms with E-state index in [4.69, 9.17) is 10.6 Å². The number of para-hydroxylation sites is 1. The van der Waals surface area contributed by atoms with Gasteiger partial charge < -0.3 is 20.5 Å². The molecule has 0 saturated heterocycles. The Kier molecular flexibility index (Phi) is 4.79. The van der Waals surface area contributed by atoms with E-state index in [0.717, 1.165) is 16.6 Å². The number of fused-ring (bicyclic) bond motifs is 1. The van der Waals surface area contributed by atoms with Crippen molar-refractivity contribution in [1.82, 2.24) is 10.0 Å². The second-order valence-electron chi connectivity index (χ2n) is 6.02. The first-order chi connectivity index (χ1) is 12.4. The first-order valence-corrected chi connectivity index (χ1v) is 8.09. The van der Waals surface area contributed by atoms with Gasteiger partial charge in [0.2, 0.25) is 5.96 Å². The molecule has 0 bridgehead atoms. The fraction of sp³-hybridized carbons (Fsp3) is 0.158. The van der Waals surface area contributed by atoms with Crippen LogP contribution in [0.5, 0.6) is 5.75 Å². The smallest absolute Gasteiger partial charge is 0.296 e. The Hall–Kier alpha value is -3.48. The summed E-state index contributed by atoms with van der Waals surface area (Å²) in [6.07, 6.45) is 0. The molecule has 134 valence electrons. The third-order valence-corrected chi connectivity index (χ3v) is 3.89. The van der Waals surface area contributed by atoms with Crippen LogP contribution in [-0.2, 0) is 0 Å². The Bertz CT molecular complexity index is 911. The SMILES string of the molecule is CN(Oc1ccc(N(C)C)cc1)C(N)=NC(=O)c1cc2ccccc2[nH]1. The lowest BCUT2D eigenvalue weighted by atomic mass is 10.2. The second-order valence-corrected chi connectivity index (χ2v) is 6.02. The zero-order valence-electron chi connectivity index (χ0n) is 14.9. The van der Waals surface area contributed by atoms with Gasteiger partial charge in [-0.3, -0.25) is 4.79 Å². The van der Waals surface area contributed by atoms with E-state index in [0.29, 0.717) is 11.4 Å². The topological polar surface area (TPSA) is 86.9 Å². The Morgan fingerprint density at radius 2 is 1.77 bits per heavy atom. The first-order valence-electron chi connectivity index (χ1n) is 8.09. The van der Waals surface area contributed by atoms with Crippen LogP contribution in [0.4, 0.5) is 5.69 Å². The fourth-order valence-electron chi connectivity index (χ4n) is 2.43. The molecular weight excluding hydrogens is 330 g/mol. The van der Waals surface area contributed by atoms with E-state index < -0.39 is 5.91 Å². The van der Waals surface area contributed by atoms with Gasteiger partial charge in [-0.05, 0) is 36.4 Å². The number of guanidine groups is 1. The van der Waals surface area contributed by atoms with E-state index in [1.165, 1.54) is 5.06 Å². The average Bonchev–Trinajstić information content (AvgIpc) is 3.06. The molecule has 7 nitrogen and oxygen atoms in total. The number of carbonyl (C=O) groups excluding carboxylic acids is 1. The van der Waals surface area contributed by atoms with Crippen LogP contribution in [0, 0.1) is 0 Å². The van der Waals surface area contributed by atoms with Crippen LogP contribution in [0.25, 0.3) is 10.9 Å². The number of aromatic nitrogens is 1. The highest BCUT2D eigenvalue weighted by Crippen LogP contribution is 2.18. The summed E-state index contributed by atoms with van der Waals surface area (Å²) in [6.45, 7) is 0. The van der Waals surface area contributed by atoms with Crippen molar-refractivity contribution in [3.05, 3.63) is 60.3 Å². The van der Waals surface area contributed by atoms with Gasteiger partial charge in [-0.2, -0.15) is 10.1 Å². The van der Waals surface area contributed by atoms with E-state index in [-0.39, 0.29) is 5.96 Å². The van der Waals surface area contributed by atoms with E-state index in [1.54, 1.807) is 13.1 Å².